The molecule has 5 heteroatoms. The van der Waals surface area contributed by atoms with Crippen molar-refractivity contribution in [2.24, 2.45) is 5.92 Å². The van der Waals surface area contributed by atoms with E-state index in [9.17, 15) is 4.79 Å². The lowest BCUT2D eigenvalue weighted by atomic mass is 10.0. The predicted octanol–water partition coefficient (Wildman–Crippen LogP) is 5.29. The SMILES string of the molecule is CC(C)Cc1ccc(-c2csc(NC3OC(=O)c4ccccc43)n2)cc1. The zero-order valence-corrected chi connectivity index (χ0v) is 15.5. The van der Waals surface area contributed by atoms with Crippen LogP contribution in [0.3, 0.4) is 0 Å². The number of anilines is 1. The first-order valence-electron chi connectivity index (χ1n) is 8.71. The van der Waals surface area contributed by atoms with Crippen LogP contribution in [0.15, 0.2) is 53.9 Å². The molecule has 0 spiro atoms. The number of carbonyl (C=O) groups excluding carboxylic acids is 1. The van der Waals surface area contributed by atoms with Crippen LogP contribution in [0.1, 0.15) is 41.6 Å². The maximum atomic E-state index is 11.9. The van der Waals surface area contributed by atoms with E-state index in [1.165, 1.54) is 16.9 Å². The van der Waals surface area contributed by atoms with Gasteiger partial charge in [-0.3, -0.25) is 0 Å². The second kappa shape index (κ2) is 6.92. The van der Waals surface area contributed by atoms with E-state index in [-0.39, 0.29) is 5.97 Å². The van der Waals surface area contributed by atoms with Gasteiger partial charge in [-0.2, -0.15) is 0 Å². The molecule has 0 radical (unpaired) electrons. The Balaban J connectivity index is 1.50. The summed E-state index contributed by atoms with van der Waals surface area (Å²) in [6, 6.07) is 16.0. The average Bonchev–Trinajstić information content (AvgIpc) is 3.21. The number of nitrogens with one attached hydrogen (secondary N) is 1. The summed E-state index contributed by atoms with van der Waals surface area (Å²) in [5.41, 5.74) is 4.82. The summed E-state index contributed by atoms with van der Waals surface area (Å²) in [5.74, 6) is 0.351. The van der Waals surface area contributed by atoms with Crippen LogP contribution in [-0.2, 0) is 11.2 Å². The van der Waals surface area contributed by atoms with Crippen molar-refractivity contribution in [3.8, 4) is 11.3 Å². The van der Waals surface area contributed by atoms with Crippen molar-refractivity contribution < 1.29 is 9.53 Å². The van der Waals surface area contributed by atoms with E-state index in [1.54, 1.807) is 6.07 Å². The molecule has 0 aliphatic carbocycles. The summed E-state index contributed by atoms with van der Waals surface area (Å²) >= 11 is 1.51. The van der Waals surface area contributed by atoms with Crippen molar-refractivity contribution in [1.29, 1.82) is 0 Å². The minimum atomic E-state index is -0.480. The monoisotopic (exact) mass is 364 g/mol. The summed E-state index contributed by atoms with van der Waals surface area (Å²) in [6.45, 7) is 4.44. The smallest absolute Gasteiger partial charge is 0.340 e. The Bertz CT molecular complexity index is 931. The first-order valence-corrected chi connectivity index (χ1v) is 9.59. The van der Waals surface area contributed by atoms with Gasteiger partial charge in [-0.1, -0.05) is 56.3 Å². The second-order valence-corrected chi connectivity index (χ2v) is 7.71. The van der Waals surface area contributed by atoms with Crippen LogP contribution < -0.4 is 5.32 Å². The highest BCUT2D eigenvalue weighted by atomic mass is 32.1. The van der Waals surface area contributed by atoms with Crippen molar-refractivity contribution in [2.75, 3.05) is 5.32 Å². The number of carbonyl (C=O) groups is 1. The fourth-order valence-corrected chi connectivity index (χ4v) is 3.86. The largest absolute Gasteiger partial charge is 0.434 e. The van der Waals surface area contributed by atoms with Gasteiger partial charge in [-0.05, 0) is 24.0 Å². The highest BCUT2D eigenvalue weighted by Crippen LogP contribution is 2.33. The zero-order chi connectivity index (χ0) is 18.1. The van der Waals surface area contributed by atoms with Gasteiger partial charge in [0.2, 0.25) is 6.23 Å². The molecule has 0 bridgehead atoms. The molecule has 4 rings (SSSR count). The molecule has 1 aliphatic heterocycles. The fourth-order valence-electron chi connectivity index (χ4n) is 3.12. The van der Waals surface area contributed by atoms with Gasteiger partial charge in [0.05, 0.1) is 11.3 Å². The minimum absolute atomic E-state index is 0.296. The molecule has 2 heterocycles. The van der Waals surface area contributed by atoms with Crippen LogP contribution in [-0.4, -0.2) is 11.0 Å². The third-order valence-electron chi connectivity index (χ3n) is 4.34. The molecule has 0 fully saturated rings. The molecule has 1 aromatic heterocycles. The molecular formula is C21H20N2O2S. The second-order valence-electron chi connectivity index (χ2n) is 6.85. The summed E-state index contributed by atoms with van der Waals surface area (Å²) in [7, 11) is 0. The van der Waals surface area contributed by atoms with Gasteiger partial charge in [-0.15, -0.1) is 11.3 Å². The summed E-state index contributed by atoms with van der Waals surface area (Å²) in [5, 5.41) is 5.97. The first kappa shape index (κ1) is 16.8. The van der Waals surface area contributed by atoms with Gasteiger partial charge in [0.25, 0.3) is 0 Å². The summed E-state index contributed by atoms with van der Waals surface area (Å²) < 4.78 is 5.42. The van der Waals surface area contributed by atoms with Crippen LogP contribution in [0.4, 0.5) is 5.13 Å². The van der Waals surface area contributed by atoms with Crippen LogP contribution in [0.2, 0.25) is 0 Å². The van der Waals surface area contributed by atoms with E-state index in [2.05, 4.69) is 48.4 Å². The Hall–Kier alpha value is -2.66. The van der Waals surface area contributed by atoms with E-state index in [4.69, 9.17) is 4.74 Å². The zero-order valence-electron chi connectivity index (χ0n) is 14.7. The highest BCUT2D eigenvalue weighted by Gasteiger charge is 2.30. The normalized spacial score (nSPS) is 15.8. The predicted molar refractivity (Wildman–Crippen MR) is 104 cm³/mol. The molecule has 1 unspecified atom stereocenters. The van der Waals surface area contributed by atoms with E-state index in [1.807, 2.05) is 23.6 Å². The van der Waals surface area contributed by atoms with E-state index < -0.39 is 6.23 Å². The van der Waals surface area contributed by atoms with Gasteiger partial charge in [-0.25, -0.2) is 9.78 Å². The fraction of sp³-hybridized carbons (Fsp3) is 0.238. The Morgan fingerprint density at radius 2 is 1.92 bits per heavy atom. The molecule has 3 aromatic rings. The molecule has 1 atom stereocenters. The van der Waals surface area contributed by atoms with Gasteiger partial charge < -0.3 is 10.1 Å². The number of esters is 1. The van der Waals surface area contributed by atoms with Crippen LogP contribution >= 0.6 is 11.3 Å². The quantitative estimate of drug-likeness (QED) is 0.625. The summed E-state index contributed by atoms with van der Waals surface area (Å²) in [4.78, 5) is 16.6. The molecule has 2 aromatic carbocycles. The molecule has 26 heavy (non-hydrogen) atoms. The van der Waals surface area contributed by atoms with Gasteiger partial charge in [0.15, 0.2) is 5.13 Å². The number of ether oxygens (including phenoxy) is 1. The number of hydrogen-bond donors (Lipinski definition) is 1. The molecule has 1 aliphatic rings. The number of fused-ring (bicyclic) bond motifs is 1. The van der Waals surface area contributed by atoms with Crippen LogP contribution in [0, 0.1) is 5.92 Å². The van der Waals surface area contributed by atoms with Gasteiger partial charge in [0.1, 0.15) is 0 Å². The third-order valence-corrected chi connectivity index (χ3v) is 5.11. The molecule has 0 saturated carbocycles. The van der Waals surface area contributed by atoms with Crippen molar-refractivity contribution in [3.05, 3.63) is 70.6 Å². The Kier molecular flexibility index (Phi) is 4.47. The van der Waals surface area contributed by atoms with E-state index in [0.29, 0.717) is 11.5 Å². The molecule has 132 valence electrons. The van der Waals surface area contributed by atoms with Crippen molar-refractivity contribution in [2.45, 2.75) is 26.5 Å². The van der Waals surface area contributed by atoms with Gasteiger partial charge >= 0.3 is 5.97 Å². The standard InChI is InChI=1S/C21H20N2O2S/c1-13(2)11-14-7-9-15(10-8-14)18-12-26-21(22-18)23-19-16-5-3-4-6-17(16)20(24)25-19/h3-10,12-13,19H,11H2,1-2H3,(H,22,23). The number of cyclic esters (lactones) is 1. The van der Waals surface area contributed by atoms with Crippen LogP contribution in [0.25, 0.3) is 11.3 Å². The lowest BCUT2D eigenvalue weighted by molar-refractivity contribution is 0.0437. The maximum Gasteiger partial charge on any atom is 0.340 e. The first-order chi connectivity index (χ1) is 12.6. The maximum absolute atomic E-state index is 11.9. The Morgan fingerprint density at radius 3 is 2.69 bits per heavy atom. The molecular weight excluding hydrogens is 344 g/mol. The number of aromatic nitrogens is 1. The number of thiazole rings is 1. The molecule has 0 amide bonds. The average molecular weight is 364 g/mol. The molecule has 0 saturated heterocycles. The van der Waals surface area contributed by atoms with Crippen molar-refractivity contribution >= 4 is 22.4 Å². The number of nitrogens with zero attached hydrogens (tertiary/aromatic N) is 1. The summed E-state index contributed by atoms with van der Waals surface area (Å²) in [6.07, 6.45) is 0.600. The van der Waals surface area contributed by atoms with Crippen molar-refractivity contribution in [3.63, 3.8) is 0 Å². The van der Waals surface area contributed by atoms with E-state index >= 15 is 0 Å². The number of benzene rings is 2. The lowest BCUT2D eigenvalue weighted by Crippen LogP contribution is -2.09. The molecule has 1 N–H and O–H groups in total. The molecule has 4 nitrogen and oxygen atoms in total. The highest BCUT2D eigenvalue weighted by molar-refractivity contribution is 7.14. The Morgan fingerprint density at radius 1 is 1.15 bits per heavy atom. The van der Waals surface area contributed by atoms with Crippen LogP contribution in [0.5, 0.6) is 0 Å². The number of rotatable bonds is 5. The lowest BCUT2D eigenvalue weighted by Gasteiger charge is -2.11. The van der Waals surface area contributed by atoms with E-state index in [0.717, 1.165) is 28.4 Å². The number of hydrogen-bond acceptors (Lipinski definition) is 5. The topological polar surface area (TPSA) is 51.2 Å². The Labute approximate surface area is 156 Å². The van der Waals surface area contributed by atoms with Crippen molar-refractivity contribution in [1.82, 2.24) is 4.98 Å². The third kappa shape index (κ3) is 3.35. The minimum Gasteiger partial charge on any atom is -0.434 e. The van der Waals surface area contributed by atoms with Gasteiger partial charge in [0, 0.05) is 16.5 Å².